The van der Waals surface area contributed by atoms with E-state index < -0.39 is 0 Å². The molecule has 0 spiro atoms. The molecule has 0 unspecified atom stereocenters. The molecule has 1 amide bonds. The zero-order chi connectivity index (χ0) is 19.9. The number of benzene rings is 2. The summed E-state index contributed by atoms with van der Waals surface area (Å²) < 4.78 is 21.2. The zero-order valence-electron chi connectivity index (χ0n) is 15.7. The van der Waals surface area contributed by atoms with Crippen LogP contribution in [0.1, 0.15) is 0 Å². The van der Waals surface area contributed by atoms with Gasteiger partial charge >= 0.3 is 0 Å². The van der Waals surface area contributed by atoms with Crippen molar-refractivity contribution in [3.8, 4) is 34.3 Å². The number of hydrogen-bond acceptors (Lipinski definition) is 7. The first kappa shape index (κ1) is 19.5. The second-order valence-corrected chi connectivity index (χ2v) is 6.47. The maximum Gasteiger partial charge on any atom is 0.264 e. The van der Waals surface area contributed by atoms with Crippen LogP contribution < -0.4 is 24.3 Å². The van der Waals surface area contributed by atoms with Crippen molar-refractivity contribution in [3.63, 3.8) is 0 Å². The number of amides is 1. The molecule has 3 rings (SSSR count). The molecule has 0 aliphatic carbocycles. The molecule has 146 valence electrons. The minimum atomic E-state index is -0.293. The summed E-state index contributed by atoms with van der Waals surface area (Å²) in [4.78, 5) is 16.6. The third kappa shape index (κ3) is 4.72. The molecule has 0 aliphatic heterocycles. The van der Waals surface area contributed by atoms with Gasteiger partial charge in [-0.2, -0.15) is 0 Å². The van der Waals surface area contributed by atoms with E-state index in [2.05, 4.69) is 10.3 Å². The van der Waals surface area contributed by atoms with Gasteiger partial charge in [-0.15, -0.1) is 11.3 Å². The number of carbonyl (C=O) groups excluding carboxylic acids is 1. The smallest absolute Gasteiger partial charge is 0.264 e. The van der Waals surface area contributed by atoms with Crippen molar-refractivity contribution in [2.24, 2.45) is 0 Å². The molecule has 1 aromatic heterocycles. The maximum absolute atomic E-state index is 12.1. The summed E-state index contributed by atoms with van der Waals surface area (Å²) in [5.74, 6) is 2.35. The molecule has 7 nitrogen and oxygen atoms in total. The highest BCUT2D eigenvalue weighted by Crippen LogP contribution is 2.34. The number of anilines is 1. The summed E-state index contributed by atoms with van der Waals surface area (Å²) in [6.45, 7) is -0.118. The number of carbonyl (C=O) groups is 1. The monoisotopic (exact) mass is 400 g/mol. The molecule has 1 N–H and O–H groups in total. The van der Waals surface area contributed by atoms with E-state index in [1.165, 1.54) is 11.3 Å². The summed E-state index contributed by atoms with van der Waals surface area (Å²) >= 11 is 1.33. The van der Waals surface area contributed by atoms with Crippen molar-refractivity contribution in [3.05, 3.63) is 47.8 Å². The summed E-state index contributed by atoms with van der Waals surface area (Å²) in [6.07, 6.45) is 0. The molecule has 0 bridgehead atoms. The van der Waals surface area contributed by atoms with E-state index in [4.69, 9.17) is 18.9 Å². The van der Waals surface area contributed by atoms with Gasteiger partial charge in [0, 0.05) is 17.0 Å². The van der Waals surface area contributed by atoms with E-state index in [-0.39, 0.29) is 12.5 Å². The lowest BCUT2D eigenvalue weighted by Gasteiger charge is -2.08. The van der Waals surface area contributed by atoms with Crippen molar-refractivity contribution in [1.29, 1.82) is 0 Å². The number of rotatable bonds is 8. The Balaban J connectivity index is 1.61. The Morgan fingerprint density at radius 1 is 0.964 bits per heavy atom. The summed E-state index contributed by atoms with van der Waals surface area (Å²) in [7, 11) is 4.77. The lowest BCUT2D eigenvalue weighted by atomic mass is 10.1. The van der Waals surface area contributed by atoms with Crippen molar-refractivity contribution >= 4 is 22.4 Å². The number of hydrogen-bond donors (Lipinski definition) is 1. The van der Waals surface area contributed by atoms with Gasteiger partial charge in [-0.25, -0.2) is 4.98 Å². The third-order valence-corrected chi connectivity index (χ3v) is 4.62. The van der Waals surface area contributed by atoms with Crippen LogP contribution in [-0.2, 0) is 4.79 Å². The van der Waals surface area contributed by atoms with Crippen LogP contribution in [0.25, 0.3) is 11.3 Å². The van der Waals surface area contributed by atoms with Crippen LogP contribution in [0.3, 0.4) is 0 Å². The van der Waals surface area contributed by atoms with Crippen LogP contribution in [0.2, 0.25) is 0 Å². The van der Waals surface area contributed by atoms with E-state index in [1.807, 2.05) is 17.5 Å². The number of aromatic nitrogens is 1. The number of thiazole rings is 1. The molecule has 1 heterocycles. The van der Waals surface area contributed by atoms with E-state index >= 15 is 0 Å². The third-order valence-electron chi connectivity index (χ3n) is 3.86. The zero-order valence-corrected chi connectivity index (χ0v) is 16.5. The first-order chi connectivity index (χ1) is 13.6. The molecule has 0 saturated heterocycles. The minimum absolute atomic E-state index is 0.118. The lowest BCUT2D eigenvalue weighted by molar-refractivity contribution is -0.118. The van der Waals surface area contributed by atoms with Crippen LogP contribution in [-0.4, -0.2) is 38.8 Å². The fourth-order valence-corrected chi connectivity index (χ4v) is 3.17. The van der Waals surface area contributed by atoms with Crippen molar-refractivity contribution < 1.29 is 23.7 Å². The van der Waals surface area contributed by atoms with Gasteiger partial charge in [-0.3, -0.25) is 10.1 Å². The highest BCUT2D eigenvalue weighted by molar-refractivity contribution is 7.14. The average molecular weight is 400 g/mol. The Kier molecular flexibility index (Phi) is 6.33. The largest absolute Gasteiger partial charge is 0.497 e. The molecular formula is C20H20N2O5S. The standard InChI is InChI=1S/C20H20N2O5S/c1-24-13-4-6-14(7-5-13)27-11-19(23)22-20-21-17(12-28-20)16-9-8-15(25-2)10-18(16)26-3/h4-10,12H,11H2,1-3H3,(H,21,22,23). The fourth-order valence-electron chi connectivity index (χ4n) is 2.44. The predicted octanol–water partition coefficient (Wildman–Crippen LogP) is 3.85. The van der Waals surface area contributed by atoms with Crippen molar-refractivity contribution in [2.75, 3.05) is 33.3 Å². The normalized spacial score (nSPS) is 10.2. The Morgan fingerprint density at radius 3 is 2.32 bits per heavy atom. The number of nitrogens with zero attached hydrogens (tertiary/aromatic N) is 1. The van der Waals surface area contributed by atoms with Crippen LogP contribution in [0.4, 0.5) is 5.13 Å². The van der Waals surface area contributed by atoms with Crippen LogP contribution >= 0.6 is 11.3 Å². The summed E-state index contributed by atoms with van der Waals surface area (Å²) in [6, 6.07) is 12.5. The summed E-state index contributed by atoms with van der Waals surface area (Å²) in [5, 5.41) is 5.07. The lowest BCUT2D eigenvalue weighted by Crippen LogP contribution is -2.20. The van der Waals surface area contributed by atoms with E-state index in [0.717, 1.165) is 11.3 Å². The molecular weight excluding hydrogens is 380 g/mol. The van der Waals surface area contributed by atoms with E-state index in [9.17, 15) is 4.79 Å². The Bertz CT molecular complexity index is 940. The van der Waals surface area contributed by atoms with E-state index in [0.29, 0.717) is 28.1 Å². The average Bonchev–Trinajstić information content (AvgIpc) is 3.20. The molecule has 3 aromatic rings. The van der Waals surface area contributed by atoms with Gasteiger partial charge < -0.3 is 18.9 Å². The predicted molar refractivity (Wildman–Crippen MR) is 108 cm³/mol. The maximum atomic E-state index is 12.1. The first-order valence-corrected chi connectivity index (χ1v) is 9.25. The Labute approximate surface area is 166 Å². The fraction of sp³-hybridized carbons (Fsp3) is 0.200. The van der Waals surface area contributed by atoms with Crippen molar-refractivity contribution in [1.82, 2.24) is 4.98 Å². The molecule has 0 saturated carbocycles. The van der Waals surface area contributed by atoms with Crippen molar-refractivity contribution in [2.45, 2.75) is 0 Å². The second-order valence-electron chi connectivity index (χ2n) is 5.62. The molecule has 0 aliphatic rings. The quantitative estimate of drug-likeness (QED) is 0.619. The highest BCUT2D eigenvalue weighted by Gasteiger charge is 2.13. The number of nitrogens with one attached hydrogen (secondary N) is 1. The second kappa shape index (κ2) is 9.09. The van der Waals surface area contributed by atoms with Crippen LogP contribution in [0.15, 0.2) is 47.8 Å². The molecule has 28 heavy (non-hydrogen) atoms. The first-order valence-electron chi connectivity index (χ1n) is 8.37. The van der Waals surface area contributed by atoms with Gasteiger partial charge in [0.1, 0.15) is 23.0 Å². The van der Waals surface area contributed by atoms with Gasteiger partial charge in [0.2, 0.25) is 0 Å². The minimum Gasteiger partial charge on any atom is -0.497 e. The Hall–Kier alpha value is -3.26. The van der Waals surface area contributed by atoms with Gasteiger partial charge in [0.05, 0.1) is 27.0 Å². The van der Waals surface area contributed by atoms with E-state index in [1.54, 1.807) is 51.7 Å². The molecule has 2 aromatic carbocycles. The molecule has 0 atom stereocenters. The van der Waals surface area contributed by atoms with Gasteiger partial charge in [-0.1, -0.05) is 0 Å². The molecule has 0 fully saturated rings. The molecule has 8 heteroatoms. The number of methoxy groups -OCH3 is 3. The van der Waals surface area contributed by atoms with Crippen LogP contribution in [0, 0.1) is 0 Å². The topological polar surface area (TPSA) is 78.9 Å². The van der Waals surface area contributed by atoms with Crippen LogP contribution in [0.5, 0.6) is 23.0 Å². The summed E-state index contributed by atoms with van der Waals surface area (Å²) in [5.41, 5.74) is 1.52. The van der Waals surface area contributed by atoms with Gasteiger partial charge in [0.25, 0.3) is 5.91 Å². The Morgan fingerprint density at radius 2 is 1.64 bits per heavy atom. The van der Waals surface area contributed by atoms with Gasteiger partial charge in [0.15, 0.2) is 11.7 Å². The van der Waals surface area contributed by atoms with Gasteiger partial charge in [-0.05, 0) is 36.4 Å². The highest BCUT2D eigenvalue weighted by atomic mass is 32.1. The number of ether oxygens (including phenoxy) is 4. The SMILES string of the molecule is COc1ccc(OCC(=O)Nc2nc(-c3ccc(OC)cc3OC)cs2)cc1. The molecule has 0 radical (unpaired) electrons.